The molecule has 1 spiro atoms. The van der Waals surface area contributed by atoms with Crippen molar-refractivity contribution in [3.63, 3.8) is 0 Å². The van der Waals surface area contributed by atoms with Crippen LogP contribution in [-0.2, 0) is 14.3 Å². The molecule has 1 aliphatic heterocycles. The number of aromatic nitrogens is 1. The average molecular weight is 489 g/mol. The van der Waals surface area contributed by atoms with Crippen molar-refractivity contribution in [3.8, 4) is 0 Å². The molecule has 0 bridgehead atoms. The summed E-state index contributed by atoms with van der Waals surface area (Å²) in [5.74, 6) is -1.44. The third-order valence-corrected chi connectivity index (χ3v) is 7.92. The van der Waals surface area contributed by atoms with Crippen molar-refractivity contribution in [2.45, 2.75) is 77.2 Å². The van der Waals surface area contributed by atoms with E-state index >= 15 is 0 Å². The number of carboxylic acid groups (broad SMARTS) is 1. The number of aliphatic carboxylic acids is 1. The smallest absolute Gasteiger partial charge is 0.408 e. The lowest BCUT2D eigenvalue weighted by Crippen LogP contribution is -2.61. The number of ether oxygens (including phenoxy) is 1. The fourth-order valence-electron chi connectivity index (χ4n) is 5.25. The van der Waals surface area contributed by atoms with Gasteiger partial charge in [0.2, 0.25) is 5.91 Å². The van der Waals surface area contributed by atoms with E-state index in [4.69, 9.17) is 4.74 Å². The van der Waals surface area contributed by atoms with Gasteiger partial charge in [-0.15, -0.1) is 0 Å². The number of carbonyl (C=O) groups excluding carboxylic acids is 2. The monoisotopic (exact) mass is 488 g/mol. The number of unbranched alkanes of at least 4 members (excludes halogenated alkanes) is 1. The molecule has 1 aliphatic carbocycles. The van der Waals surface area contributed by atoms with E-state index in [9.17, 15) is 19.5 Å². The molecule has 0 radical (unpaired) electrons. The Morgan fingerprint density at radius 2 is 1.80 bits per heavy atom. The standard InChI is InChI=1S/C26H40N4O5/c1-3-5-18-35-24(34)29-26(4-2,23(32)33)19-28-22(31)20-6-10-25(11-7-20)12-16-30(17-13-25)21-8-14-27-15-9-21/h8-9,14-15,20H,3-7,10-13,16-19H2,1-2H3,(H,28,31)(H,29,34)(H,32,33)/t26-/m0/s1. The Balaban J connectivity index is 1.48. The second kappa shape index (κ2) is 12.2. The largest absolute Gasteiger partial charge is 0.479 e. The predicted octanol–water partition coefficient (Wildman–Crippen LogP) is 3.73. The number of piperidine rings is 1. The molecule has 0 unspecified atom stereocenters. The maximum absolute atomic E-state index is 12.9. The van der Waals surface area contributed by atoms with Gasteiger partial charge in [-0.2, -0.15) is 0 Å². The highest BCUT2D eigenvalue weighted by atomic mass is 16.5. The zero-order valence-electron chi connectivity index (χ0n) is 21.1. The molecule has 194 valence electrons. The first-order valence-electron chi connectivity index (χ1n) is 12.9. The van der Waals surface area contributed by atoms with Crippen LogP contribution in [0.15, 0.2) is 24.5 Å². The van der Waals surface area contributed by atoms with Crippen LogP contribution in [0.25, 0.3) is 0 Å². The van der Waals surface area contributed by atoms with Gasteiger partial charge in [0.15, 0.2) is 5.54 Å². The minimum Gasteiger partial charge on any atom is -0.479 e. The van der Waals surface area contributed by atoms with Crippen molar-refractivity contribution < 1.29 is 24.2 Å². The van der Waals surface area contributed by atoms with Gasteiger partial charge in [-0.1, -0.05) is 20.3 Å². The zero-order chi connectivity index (χ0) is 25.3. The molecule has 2 heterocycles. The Kier molecular flexibility index (Phi) is 9.34. The van der Waals surface area contributed by atoms with E-state index in [1.165, 1.54) is 5.69 Å². The third kappa shape index (κ3) is 6.86. The van der Waals surface area contributed by atoms with Crippen molar-refractivity contribution in [2.24, 2.45) is 11.3 Å². The van der Waals surface area contributed by atoms with E-state index in [-0.39, 0.29) is 31.4 Å². The number of hydrogen-bond donors (Lipinski definition) is 3. The van der Waals surface area contributed by atoms with Crippen LogP contribution in [0.3, 0.4) is 0 Å². The highest BCUT2D eigenvalue weighted by molar-refractivity contribution is 5.86. The fourth-order valence-corrected chi connectivity index (χ4v) is 5.25. The summed E-state index contributed by atoms with van der Waals surface area (Å²) in [7, 11) is 0. The quantitative estimate of drug-likeness (QED) is 0.429. The number of rotatable bonds is 10. The average Bonchev–Trinajstić information content (AvgIpc) is 2.88. The van der Waals surface area contributed by atoms with Crippen molar-refractivity contribution >= 4 is 23.7 Å². The van der Waals surface area contributed by atoms with Gasteiger partial charge in [-0.05, 0) is 68.9 Å². The summed E-state index contributed by atoms with van der Waals surface area (Å²) in [6.45, 7) is 5.75. The molecule has 1 saturated heterocycles. The SMILES string of the molecule is CCCCOC(=O)N[C@@](CC)(CNC(=O)C1CCC2(CC1)CCN(c1ccncc1)CC2)C(=O)O. The minimum absolute atomic E-state index is 0.126. The molecule has 1 aromatic rings. The second-order valence-electron chi connectivity index (χ2n) is 10.0. The van der Waals surface area contributed by atoms with E-state index < -0.39 is 17.6 Å². The Hall–Kier alpha value is -2.84. The lowest BCUT2D eigenvalue weighted by Gasteiger charge is -2.46. The molecule has 3 rings (SSSR count). The molecule has 9 nitrogen and oxygen atoms in total. The number of amides is 2. The molecule has 2 amide bonds. The number of carbonyl (C=O) groups is 3. The van der Waals surface area contributed by atoms with Gasteiger partial charge < -0.3 is 25.4 Å². The number of nitrogens with one attached hydrogen (secondary N) is 2. The van der Waals surface area contributed by atoms with Crippen LogP contribution in [0, 0.1) is 11.3 Å². The molecule has 1 atom stereocenters. The van der Waals surface area contributed by atoms with Crippen molar-refractivity contribution in [1.82, 2.24) is 15.6 Å². The van der Waals surface area contributed by atoms with Crippen molar-refractivity contribution in [1.29, 1.82) is 0 Å². The Bertz CT molecular complexity index is 847. The summed E-state index contributed by atoms with van der Waals surface area (Å²) in [6.07, 6.45) is 10.5. The van der Waals surface area contributed by atoms with Crippen LogP contribution >= 0.6 is 0 Å². The number of nitrogens with zero attached hydrogens (tertiary/aromatic N) is 2. The molecule has 35 heavy (non-hydrogen) atoms. The summed E-state index contributed by atoms with van der Waals surface area (Å²) in [5.41, 5.74) is -0.0869. The topological polar surface area (TPSA) is 121 Å². The number of carboxylic acids is 1. The van der Waals surface area contributed by atoms with Gasteiger partial charge in [0, 0.05) is 37.1 Å². The highest BCUT2D eigenvalue weighted by Crippen LogP contribution is 2.46. The summed E-state index contributed by atoms with van der Waals surface area (Å²) in [4.78, 5) is 43.6. The highest BCUT2D eigenvalue weighted by Gasteiger charge is 2.42. The summed E-state index contributed by atoms with van der Waals surface area (Å²) in [5, 5.41) is 15.1. The first-order chi connectivity index (χ1) is 16.8. The third-order valence-electron chi connectivity index (χ3n) is 7.92. The summed E-state index contributed by atoms with van der Waals surface area (Å²) >= 11 is 0. The molecule has 2 fully saturated rings. The number of pyridine rings is 1. The molecule has 2 aliphatic rings. The molecule has 3 N–H and O–H groups in total. The Labute approximate surface area is 208 Å². The Morgan fingerprint density at radius 3 is 2.37 bits per heavy atom. The predicted molar refractivity (Wildman–Crippen MR) is 133 cm³/mol. The zero-order valence-corrected chi connectivity index (χ0v) is 21.1. The first kappa shape index (κ1) is 26.8. The Morgan fingerprint density at radius 1 is 1.14 bits per heavy atom. The van der Waals surface area contributed by atoms with Gasteiger partial charge >= 0.3 is 12.1 Å². The van der Waals surface area contributed by atoms with Gasteiger partial charge in [-0.3, -0.25) is 9.78 Å². The summed E-state index contributed by atoms with van der Waals surface area (Å²) in [6, 6.07) is 4.10. The number of hydrogen-bond acceptors (Lipinski definition) is 6. The van der Waals surface area contributed by atoms with Crippen molar-refractivity contribution in [3.05, 3.63) is 24.5 Å². The van der Waals surface area contributed by atoms with E-state index in [2.05, 4.69) is 20.5 Å². The molecule has 1 saturated carbocycles. The van der Waals surface area contributed by atoms with E-state index in [1.54, 1.807) is 6.92 Å². The second-order valence-corrected chi connectivity index (χ2v) is 10.0. The normalized spacial score (nSPS) is 19.5. The van der Waals surface area contributed by atoms with E-state index in [1.807, 2.05) is 31.5 Å². The van der Waals surface area contributed by atoms with E-state index in [0.717, 1.165) is 58.0 Å². The van der Waals surface area contributed by atoms with Gasteiger partial charge in [0.1, 0.15) is 0 Å². The number of alkyl carbamates (subject to hydrolysis) is 1. The summed E-state index contributed by atoms with van der Waals surface area (Å²) < 4.78 is 5.08. The number of anilines is 1. The van der Waals surface area contributed by atoms with Gasteiger partial charge in [0.05, 0.1) is 13.2 Å². The fraction of sp³-hybridized carbons (Fsp3) is 0.692. The van der Waals surface area contributed by atoms with Crippen molar-refractivity contribution in [2.75, 3.05) is 31.1 Å². The van der Waals surface area contributed by atoms with Crippen LogP contribution in [0.4, 0.5) is 10.5 Å². The van der Waals surface area contributed by atoms with Crippen LogP contribution in [0.5, 0.6) is 0 Å². The van der Waals surface area contributed by atoms with Gasteiger partial charge in [-0.25, -0.2) is 9.59 Å². The van der Waals surface area contributed by atoms with E-state index in [0.29, 0.717) is 11.8 Å². The lowest BCUT2D eigenvalue weighted by atomic mass is 9.65. The lowest BCUT2D eigenvalue weighted by molar-refractivity contribution is -0.145. The van der Waals surface area contributed by atoms with Crippen LogP contribution in [-0.4, -0.2) is 59.8 Å². The first-order valence-corrected chi connectivity index (χ1v) is 12.9. The van der Waals surface area contributed by atoms with Crippen LogP contribution in [0.2, 0.25) is 0 Å². The molecular weight excluding hydrogens is 448 g/mol. The molecular formula is C26H40N4O5. The minimum atomic E-state index is -1.59. The maximum atomic E-state index is 12.9. The molecule has 1 aromatic heterocycles. The molecule has 9 heteroatoms. The maximum Gasteiger partial charge on any atom is 0.408 e. The molecule has 0 aromatic carbocycles. The van der Waals surface area contributed by atoms with Crippen LogP contribution < -0.4 is 15.5 Å². The van der Waals surface area contributed by atoms with Gasteiger partial charge in [0.25, 0.3) is 0 Å². The van der Waals surface area contributed by atoms with Crippen LogP contribution in [0.1, 0.15) is 71.6 Å².